The number of hydrogen-bond acceptors (Lipinski definition) is 7. The third-order valence-electron chi connectivity index (χ3n) is 6.45. The van der Waals surface area contributed by atoms with Crippen LogP contribution in [0.4, 0.5) is 0 Å². The highest BCUT2D eigenvalue weighted by Crippen LogP contribution is 2.21. The number of rotatable bonds is 12. The number of carbonyl (C=O) groups is 6. The molecule has 2 aliphatic rings. The fraction of sp³-hybridized carbons (Fsp3) is 0.739. The lowest BCUT2D eigenvalue weighted by Gasteiger charge is -2.31. The van der Waals surface area contributed by atoms with E-state index in [1.165, 1.54) is 11.8 Å². The van der Waals surface area contributed by atoms with Gasteiger partial charge in [0.05, 0.1) is 6.04 Å². The molecule has 4 amide bonds. The van der Waals surface area contributed by atoms with Crippen LogP contribution < -0.4 is 21.3 Å². The summed E-state index contributed by atoms with van der Waals surface area (Å²) in [6.45, 7) is 5.86. The third kappa shape index (κ3) is 7.90. The number of carbonyl (C=O) groups excluding carboxylic acids is 4. The highest BCUT2D eigenvalue weighted by molar-refractivity contribution is 5.96. The van der Waals surface area contributed by atoms with Gasteiger partial charge in [0.25, 0.3) is 0 Å². The summed E-state index contributed by atoms with van der Waals surface area (Å²) >= 11 is 0. The largest absolute Gasteiger partial charge is 0.481 e. The van der Waals surface area contributed by atoms with Gasteiger partial charge in [-0.05, 0) is 51.5 Å². The molecule has 6 N–H and O–H groups in total. The van der Waals surface area contributed by atoms with Gasteiger partial charge in [-0.25, -0.2) is 0 Å². The van der Waals surface area contributed by atoms with Crippen LogP contribution in [0.3, 0.4) is 0 Å². The van der Waals surface area contributed by atoms with E-state index in [0.717, 1.165) is 13.0 Å². The molecule has 13 nitrogen and oxygen atoms in total. The van der Waals surface area contributed by atoms with Crippen molar-refractivity contribution in [3.8, 4) is 0 Å². The van der Waals surface area contributed by atoms with Gasteiger partial charge in [0.1, 0.15) is 24.2 Å². The molecule has 0 spiro atoms. The first-order valence-electron chi connectivity index (χ1n) is 12.3. The maximum absolute atomic E-state index is 13.4. The van der Waals surface area contributed by atoms with Gasteiger partial charge in [-0.3, -0.25) is 28.8 Å². The third-order valence-corrected chi connectivity index (χ3v) is 6.45. The van der Waals surface area contributed by atoms with Gasteiger partial charge in [0.2, 0.25) is 23.6 Å². The highest BCUT2D eigenvalue weighted by atomic mass is 16.4. The van der Waals surface area contributed by atoms with Crippen LogP contribution in [0.25, 0.3) is 0 Å². The van der Waals surface area contributed by atoms with E-state index in [4.69, 9.17) is 10.2 Å². The van der Waals surface area contributed by atoms with E-state index in [9.17, 15) is 28.8 Å². The zero-order valence-corrected chi connectivity index (χ0v) is 20.9. The van der Waals surface area contributed by atoms with Crippen LogP contribution in [0, 0.1) is 5.92 Å². The van der Waals surface area contributed by atoms with Crippen molar-refractivity contribution in [2.45, 2.75) is 89.5 Å². The summed E-state index contributed by atoms with van der Waals surface area (Å²) in [5.74, 6) is -4.84. The predicted molar refractivity (Wildman–Crippen MR) is 127 cm³/mol. The second-order valence-electron chi connectivity index (χ2n) is 9.63. The van der Waals surface area contributed by atoms with Crippen molar-refractivity contribution in [2.75, 3.05) is 13.1 Å². The molecule has 13 heteroatoms. The second-order valence-corrected chi connectivity index (χ2v) is 9.63. The Bertz CT molecular complexity index is 857. The number of amides is 4. The minimum Gasteiger partial charge on any atom is -0.481 e. The SMILES string of the molecule is CC(C)[C@H](NC(=O)[C@@H]1CCCN1)C(=O)N1CCC[C@H]1C(=O)N[C@@H](CCC(=O)O)C(=O)N[C@@H](C)C(=O)O. The number of likely N-dealkylation sites (tertiary alicyclic amines) is 1. The molecule has 2 heterocycles. The average Bonchev–Trinajstić information content (AvgIpc) is 3.51. The number of aliphatic carboxylic acids is 2. The second kappa shape index (κ2) is 13.2. The molecule has 0 saturated carbocycles. The number of carboxylic acid groups (broad SMARTS) is 2. The Labute approximate surface area is 209 Å². The normalized spacial score (nSPS) is 21.9. The minimum absolute atomic E-state index is 0.237. The molecule has 2 rings (SSSR count). The van der Waals surface area contributed by atoms with E-state index in [-0.39, 0.29) is 24.3 Å². The molecule has 2 fully saturated rings. The van der Waals surface area contributed by atoms with Gasteiger partial charge in [-0.2, -0.15) is 0 Å². The highest BCUT2D eigenvalue weighted by Gasteiger charge is 2.40. The maximum Gasteiger partial charge on any atom is 0.325 e. The molecule has 0 unspecified atom stereocenters. The summed E-state index contributed by atoms with van der Waals surface area (Å²) < 4.78 is 0. The van der Waals surface area contributed by atoms with Crippen LogP contribution in [0.15, 0.2) is 0 Å². The fourth-order valence-corrected chi connectivity index (χ4v) is 4.34. The van der Waals surface area contributed by atoms with Crippen LogP contribution in [0.5, 0.6) is 0 Å². The van der Waals surface area contributed by atoms with E-state index >= 15 is 0 Å². The molecule has 2 saturated heterocycles. The summed E-state index contributed by atoms with van der Waals surface area (Å²) in [5, 5.41) is 28.7. The molecule has 5 atom stereocenters. The number of nitrogens with zero attached hydrogens (tertiary/aromatic N) is 1. The van der Waals surface area contributed by atoms with Gasteiger partial charge in [-0.1, -0.05) is 13.8 Å². The van der Waals surface area contributed by atoms with Gasteiger partial charge >= 0.3 is 11.9 Å². The summed E-state index contributed by atoms with van der Waals surface area (Å²) in [6, 6.07) is -4.63. The Morgan fingerprint density at radius 2 is 1.64 bits per heavy atom. The van der Waals surface area contributed by atoms with Crippen molar-refractivity contribution in [1.29, 1.82) is 0 Å². The quantitative estimate of drug-likeness (QED) is 0.187. The molecular formula is C23H37N5O8. The van der Waals surface area contributed by atoms with Gasteiger partial charge in [0.15, 0.2) is 0 Å². The molecule has 0 aromatic heterocycles. The number of nitrogens with one attached hydrogen (secondary N) is 4. The average molecular weight is 512 g/mol. The first-order valence-corrected chi connectivity index (χ1v) is 12.3. The Balaban J connectivity index is 2.11. The molecule has 2 aliphatic heterocycles. The lowest BCUT2D eigenvalue weighted by molar-refractivity contribution is -0.144. The predicted octanol–water partition coefficient (Wildman–Crippen LogP) is -1.19. The van der Waals surface area contributed by atoms with Gasteiger partial charge < -0.3 is 36.4 Å². The topological polar surface area (TPSA) is 194 Å². The van der Waals surface area contributed by atoms with Crippen LogP contribution in [-0.4, -0.2) is 94.0 Å². The summed E-state index contributed by atoms with van der Waals surface area (Å²) in [5.41, 5.74) is 0. The van der Waals surface area contributed by atoms with Gasteiger partial charge in [0, 0.05) is 13.0 Å². The van der Waals surface area contributed by atoms with E-state index in [2.05, 4.69) is 21.3 Å². The van der Waals surface area contributed by atoms with E-state index in [0.29, 0.717) is 25.8 Å². The zero-order valence-electron chi connectivity index (χ0n) is 20.9. The molecule has 0 bridgehead atoms. The van der Waals surface area contributed by atoms with Crippen molar-refractivity contribution >= 4 is 35.6 Å². The smallest absolute Gasteiger partial charge is 0.325 e. The van der Waals surface area contributed by atoms with Crippen molar-refractivity contribution < 1.29 is 39.0 Å². The maximum atomic E-state index is 13.4. The lowest BCUT2D eigenvalue weighted by atomic mass is 10.0. The molecule has 202 valence electrons. The Morgan fingerprint density at radius 1 is 0.944 bits per heavy atom. The zero-order chi connectivity index (χ0) is 27.0. The summed E-state index contributed by atoms with van der Waals surface area (Å²) in [4.78, 5) is 75.2. The van der Waals surface area contributed by atoms with Crippen molar-refractivity contribution in [1.82, 2.24) is 26.2 Å². The molecule has 0 aliphatic carbocycles. The standard InChI is InChI=1S/C23H37N5O8/c1-12(2)18(27-19(31)14-6-4-10-24-14)22(34)28-11-5-7-16(28)21(33)26-15(8-9-17(29)30)20(32)25-13(3)23(35)36/h12-16,18,24H,4-11H2,1-3H3,(H,25,32)(H,26,33)(H,27,31)(H,29,30)(H,35,36)/t13-,14-,15-,16-,18-/m0/s1. The monoisotopic (exact) mass is 511 g/mol. The number of carboxylic acids is 2. The molecule has 0 radical (unpaired) electrons. The van der Waals surface area contributed by atoms with Gasteiger partial charge in [-0.15, -0.1) is 0 Å². The summed E-state index contributed by atoms with van der Waals surface area (Å²) in [6.07, 6.45) is 1.74. The Morgan fingerprint density at radius 3 is 2.19 bits per heavy atom. The van der Waals surface area contributed by atoms with Crippen LogP contribution in [0.2, 0.25) is 0 Å². The minimum atomic E-state index is -1.29. The van der Waals surface area contributed by atoms with E-state index in [1.54, 1.807) is 13.8 Å². The summed E-state index contributed by atoms with van der Waals surface area (Å²) in [7, 11) is 0. The Hall–Kier alpha value is -3.22. The van der Waals surface area contributed by atoms with E-state index < -0.39 is 60.2 Å². The van der Waals surface area contributed by atoms with Crippen LogP contribution in [0.1, 0.15) is 59.3 Å². The fourth-order valence-electron chi connectivity index (χ4n) is 4.34. The molecule has 0 aromatic rings. The number of hydrogen-bond donors (Lipinski definition) is 6. The molecule has 36 heavy (non-hydrogen) atoms. The molecular weight excluding hydrogens is 474 g/mol. The van der Waals surface area contributed by atoms with Crippen LogP contribution >= 0.6 is 0 Å². The first kappa shape index (κ1) is 29.0. The van der Waals surface area contributed by atoms with Crippen LogP contribution in [-0.2, 0) is 28.8 Å². The van der Waals surface area contributed by atoms with E-state index in [1.807, 2.05) is 0 Å². The lowest BCUT2D eigenvalue weighted by Crippen LogP contribution is -2.59. The van der Waals surface area contributed by atoms with Crippen molar-refractivity contribution in [2.24, 2.45) is 5.92 Å². The van der Waals surface area contributed by atoms with Crippen molar-refractivity contribution in [3.63, 3.8) is 0 Å². The first-order chi connectivity index (χ1) is 16.9. The van der Waals surface area contributed by atoms with Crippen molar-refractivity contribution in [3.05, 3.63) is 0 Å². The molecule has 0 aromatic carbocycles. The Kier molecular flexibility index (Phi) is 10.6.